The maximum absolute atomic E-state index is 13.5. The first kappa shape index (κ1) is 22.1. The number of hydrogen-bond acceptors (Lipinski definition) is 5. The molecule has 1 amide bonds. The molecule has 0 fully saturated rings. The lowest BCUT2D eigenvalue weighted by atomic mass is 10.1. The number of halogens is 4. The highest BCUT2D eigenvalue weighted by Gasteiger charge is 2.28. The van der Waals surface area contributed by atoms with Crippen molar-refractivity contribution in [3.05, 3.63) is 65.0 Å². The van der Waals surface area contributed by atoms with Crippen LogP contribution < -0.4 is 15.8 Å². The van der Waals surface area contributed by atoms with Gasteiger partial charge in [-0.15, -0.1) is 0 Å². The summed E-state index contributed by atoms with van der Waals surface area (Å²) in [6.45, 7) is -1.36. The van der Waals surface area contributed by atoms with Gasteiger partial charge in [0.05, 0.1) is 14.0 Å². The Morgan fingerprint density at radius 2 is 2.06 bits per heavy atom. The molecule has 3 aromatic rings. The molecule has 0 bridgehead atoms. The van der Waals surface area contributed by atoms with E-state index < -0.39 is 38.0 Å². The number of nitrogens with zero attached hydrogens (tertiary/aromatic N) is 3. The van der Waals surface area contributed by atoms with Gasteiger partial charge in [0.25, 0.3) is 12.3 Å². The second kappa shape index (κ2) is 10.0. The van der Waals surface area contributed by atoms with E-state index in [4.69, 9.17) is 11.8 Å². The van der Waals surface area contributed by atoms with Crippen molar-refractivity contribution in [2.75, 3.05) is 19.5 Å². The Balaban J connectivity index is 1.79. The van der Waals surface area contributed by atoms with E-state index in [1.165, 1.54) is 18.2 Å². The van der Waals surface area contributed by atoms with Crippen molar-refractivity contribution in [3.8, 4) is 23.1 Å². The minimum absolute atomic E-state index is 0.0200. The van der Waals surface area contributed by atoms with Crippen molar-refractivity contribution in [3.63, 3.8) is 0 Å². The van der Waals surface area contributed by atoms with Crippen molar-refractivity contribution in [2.24, 2.45) is 0 Å². The molecule has 0 saturated carbocycles. The number of amides is 1. The molecule has 0 aliphatic rings. The van der Waals surface area contributed by atoms with Crippen molar-refractivity contribution in [2.45, 2.75) is 19.0 Å². The van der Waals surface area contributed by atoms with Gasteiger partial charge >= 0.3 is 0 Å². The SMILES string of the molecule is [2H]COc1ccc(F)cc1C(=O)NCc1ccc(-c2nn(C(CF)C(F)F)c(N)c2C#N)cc1. The molecule has 11 heteroatoms. The lowest BCUT2D eigenvalue weighted by Crippen LogP contribution is -2.23. The van der Waals surface area contributed by atoms with E-state index in [0.717, 1.165) is 12.1 Å². The van der Waals surface area contributed by atoms with Crippen LogP contribution in [0.5, 0.6) is 5.75 Å². The minimum Gasteiger partial charge on any atom is -0.496 e. The van der Waals surface area contributed by atoms with Gasteiger partial charge in [0.2, 0.25) is 0 Å². The van der Waals surface area contributed by atoms with Crippen LogP contribution in [0, 0.1) is 17.1 Å². The summed E-state index contributed by atoms with van der Waals surface area (Å²) in [7, 11) is -0.443. The number of aromatic nitrogens is 2. The van der Waals surface area contributed by atoms with Gasteiger partial charge in [-0.25, -0.2) is 22.2 Å². The van der Waals surface area contributed by atoms with Gasteiger partial charge < -0.3 is 15.8 Å². The zero-order chi connectivity index (χ0) is 24.8. The second-order valence-corrected chi connectivity index (χ2v) is 6.89. The molecule has 3 N–H and O–H groups in total. The normalized spacial score (nSPS) is 12.2. The number of nitrogen functional groups attached to an aromatic ring is 1. The van der Waals surface area contributed by atoms with Crippen molar-refractivity contribution < 1.29 is 28.5 Å². The molecule has 0 saturated heterocycles. The van der Waals surface area contributed by atoms with E-state index in [-0.39, 0.29) is 34.9 Å². The van der Waals surface area contributed by atoms with Crippen LogP contribution in [0.4, 0.5) is 23.4 Å². The maximum Gasteiger partial charge on any atom is 0.263 e. The van der Waals surface area contributed by atoms with Gasteiger partial charge in [-0.2, -0.15) is 10.4 Å². The molecule has 1 atom stereocenters. The summed E-state index contributed by atoms with van der Waals surface area (Å²) in [5.74, 6) is -1.55. The molecule has 0 radical (unpaired) electrons. The average molecular weight is 462 g/mol. The number of rotatable bonds is 8. The lowest BCUT2D eigenvalue weighted by Gasteiger charge is -2.13. The fourth-order valence-electron chi connectivity index (χ4n) is 3.12. The van der Waals surface area contributed by atoms with Crippen LogP contribution in [0.15, 0.2) is 42.5 Å². The predicted molar refractivity (Wildman–Crippen MR) is 112 cm³/mol. The molecule has 7 nitrogen and oxygen atoms in total. The molecule has 172 valence electrons. The molecule has 33 heavy (non-hydrogen) atoms. The number of methoxy groups -OCH3 is 1. The van der Waals surface area contributed by atoms with Gasteiger partial charge in [-0.1, -0.05) is 24.3 Å². The van der Waals surface area contributed by atoms with E-state index in [9.17, 15) is 27.6 Å². The number of anilines is 1. The largest absolute Gasteiger partial charge is 0.496 e. The Labute approximate surface area is 187 Å². The van der Waals surface area contributed by atoms with E-state index in [0.29, 0.717) is 15.8 Å². The number of carbonyl (C=O) groups is 1. The summed E-state index contributed by atoms with van der Waals surface area (Å²) < 4.78 is 65.6. The number of benzene rings is 2. The zero-order valence-electron chi connectivity index (χ0n) is 18.1. The third kappa shape index (κ3) is 4.90. The average Bonchev–Trinajstić information content (AvgIpc) is 3.15. The first-order chi connectivity index (χ1) is 16.3. The maximum atomic E-state index is 13.5. The smallest absolute Gasteiger partial charge is 0.263 e. The predicted octanol–water partition coefficient (Wildman–Crippen LogP) is 3.86. The van der Waals surface area contributed by atoms with Crippen LogP contribution >= 0.6 is 0 Å². The Morgan fingerprint density at radius 3 is 2.67 bits per heavy atom. The summed E-state index contributed by atoms with van der Waals surface area (Å²) in [4.78, 5) is 12.5. The molecular weight excluding hydrogens is 442 g/mol. The quantitative estimate of drug-likeness (QED) is 0.495. The van der Waals surface area contributed by atoms with Crippen LogP contribution in [0.25, 0.3) is 11.3 Å². The number of alkyl halides is 3. The Hall–Kier alpha value is -4.07. The first-order valence-electron chi connectivity index (χ1n) is 10.2. The molecule has 0 aliphatic heterocycles. The molecule has 0 aliphatic carbocycles. The number of nitrogens with two attached hydrogens (primary N) is 1. The molecule has 3 rings (SSSR count). The van der Waals surface area contributed by atoms with E-state index >= 15 is 0 Å². The first-order valence-corrected chi connectivity index (χ1v) is 9.52. The summed E-state index contributed by atoms with van der Waals surface area (Å²) in [5.41, 5.74) is 6.55. The summed E-state index contributed by atoms with van der Waals surface area (Å²) in [5, 5.41) is 15.9. The molecule has 0 spiro atoms. The number of hydrogen-bond donors (Lipinski definition) is 2. The second-order valence-electron chi connectivity index (χ2n) is 6.89. The highest BCUT2D eigenvalue weighted by Crippen LogP contribution is 2.31. The fraction of sp³-hybridized carbons (Fsp3) is 0.227. The zero-order valence-corrected chi connectivity index (χ0v) is 17.1. The van der Waals surface area contributed by atoms with E-state index in [1.54, 1.807) is 18.2 Å². The third-order valence-corrected chi connectivity index (χ3v) is 4.84. The fourth-order valence-corrected chi connectivity index (χ4v) is 3.12. The van der Waals surface area contributed by atoms with Crippen LogP contribution in [-0.4, -0.2) is 35.9 Å². The summed E-state index contributed by atoms with van der Waals surface area (Å²) in [6.07, 6.45) is -3.07. The molecular formula is C22H19F4N5O2. The Kier molecular flexibility index (Phi) is 6.73. The topological polar surface area (TPSA) is 106 Å². The molecule has 2 aromatic carbocycles. The van der Waals surface area contributed by atoms with Crippen LogP contribution in [0.1, 0.15) is 28.9 Å². The lowest BCUT2D eigenvalue weighted by molar-refractivity contribution is 0.0636. The molecule has 1 heterocycles. The van der Waals surface area contributed by atoms with Gasteiger partial charge in [0, 0.05) is 12.1 Å². The van der Waals surface area contributed by atoms with E-state index in [2.05, 4.69) is 10.4 Å². The van der Waals surface area contributed by atoms with Crippen LogP contribution in [0.2, 0.25) is 0 Å². The monoisotopic (exact) mass is 462 g/mol. The van der Waals surface area contributed by atoms with Crippen LogP contribution in [0.3, 0.4) is 0 Å². The van der Waals surface area contributed by atoms with Gasteiger partial charge in [0.15, 0.2) is 0 Å². The highest BCUT2D eigenvalue weighted by atomic mass is 19.3. The number of ether oxygens (including phenoxy) is 1. The third-order valence-electron chi connectivity index (χ3n) is 4.84. The van der Waals surface area contributed by atoms with Crippen molar-refractivity contribution >= 4 is 11.7 Å². The van der Waals surface area contributed by atoms with Crippen molar-refractivity contribution in [1.29, 1.82) is 5.26 Å². The number of carbonyl (C=O) groups excluding carboxylic acids is 1. The number of nitriles is 1. The molecule has 1 unspecified atom stereocenters. The van der Waals surface area contributed by atoms with Crippen LogP contribution in [-0.2, 0) is 6.54 Å². The van der Waals surface area contributed by atoms with Gasteiger partial charge in [-0.05, 0) is 23.8 Å². The summed E-state index contributed by atoms with van der Waals surface area (Å²) >= 11 is 0. The van der Waals surface area contributed by atoms with E-state index in [1.807, 2.05) is 0 Å². The Morgan fingerprint density at radius 1 is 1.33 bits per heavy atom. The van der Waals surface area contributed by atoms with Gasteiger partial charge in [0.1, 0.15) is 47.4 Å². The van der Waals surface area contributed by atoms with Gasteiger partial charge in [-0.3, -0.25) is 4.79 Å². The standard InChI is InChI=1S/C22H19F4N5O2/c1-33-18-7-6-14(24)8-15(18)22(32)29-11-12-2-4-13(5-3-12)19-16(10-27)21(28)31(30-19)17(9-23)20(25)26/h2-8,17,20H,9,11,28H2,1H3,(H,29,32)/i1D. The van der Waals surface area contributed by atoms with Crippen molar-refractivity contribution in [1.82, 2.24) is 15.1 Å². The highest BCUT2D eigenvalue weighted by molar-refractivity contribution is 5.96. The Bertz CT molecular complexity index is 1210. The minimum atomic E-state index is -3.07. The molecule has 1 aromatic heterocycles. The number of nitrogens with one attached hydrogen (secondary N) is 1. The summed E-state index contributed by atoms with van der Waals surface area (Å²) in [6, 6.07) is 9.53.